The van der Waals surface area contributed by atoms with Gasteiger partial charge in [-0.15, -0.1) is 0 Å². The molecule has 0 saturated carbocycles. The smallest absolute Gasteiger partial charge is 0.274 e. The van der Waals surface area contributed by atoms with Crippen LogP contribution in [0.15, 0.2) is 42.9 Å². The summed E-state index contributed by atoms with van der Waals surface area (Å²) < 4.78 is 0. The van der Waals surface area contributed by atoms with Crippen LogP contribution in [0.1, 0.15) is 32.5 Å². The molecule has 25 heavy (non-hydrogen) atoms. The van der Waals surface area contributed by atoms with E-state index < -0.39 is 0 Å². The zero-order valence-electron chi connectivity index (χ0n) is 14.3. The zero-order chi connectivity index (χ0) is 17.8. The Morgan fingerprint density at radius 1 is 1.24 bits per heavy atom. The van der Waals surface area contributed by atoms with Gasteiger partial charge in [-0.2, -0.15) is 0 Å². The molecule has 0 radical (unpaired) electrons. The first-order valence-electron chi connectivity index (χ1n) is 8.17. The molecule has 1 N–H and O–H groups in total. The van der Waals surface area contributed by atoms with Gasteiger partial charge < -0.3 is 10.2 Å². The molecule has 1 atom stereocenters. The maximum Gasteiger partial charge on any atom is 0.274 e. The third kappa shape index (κ3) is 3.66. The number of piperazine rings is 1. The second kappa shape index (κ2) is 7.40. The average molecular weight is 339 g/mol. The van der Waals surface area contributed by atoms with E-state index in [1.807, 2.05) is 25.2 Å². The van der Waals surface area contributed by atoms with Crippen LogP contribution >= 0.6 is 0 Å². The number of carbonyl (C=O) groups excluding carboxylic acids is 2. The molecule has 1 aromatic carbocycles. The molecule has 0 spiro atoms. The van der Waals surface area contributed by atoms with Crippen LogP contribution in [-0.4, -0.2) is 65.3 Å². The predicted molar refractivity (Wildman–Crippen MR) is 93.1 cm³/mol. The molecule has 2 heterocycles. The van der Waals surface area contributed by atoms with Gasteiger partial charge in [0.25, 0.3) is 11.8 Å². The highest BCUT2D eigenvalue weighted by Gasteiger charge is 2.29. The normalized spacial score (nSPS) is 18.0. The minimum absolute atomic E-state index is 0.0268. The fraction of sp³-hybridized carbons (Fsp3) is 0.333. The van der Waals surface area contributed by atoms with Crippen molar-refractivity contribution in [2.45, 2.75) is 6.04 Å². The van der Waals surface area contributed by atoms with Crippen LogP contribution in [0.2, 0.25) is 0 Å². The van der Waals surface area contributed by atoms with Crippen LogP contribution in [-0.2, 0) is 0 Å². The summed E-state index contributed by atoms with van der Waals surface area (Å²) in [5, 5.41) is 2.64. The summed E-state index contributed by atoms with van der Waals surface area (Å²) in [4.78, 5) is 36.6. The lowest BCUT2D eigenvalue weighted by atomic mass is 10.00. The Bertz CT molecular complexity index is 765. The Balaban J connectivity index is 1.82. The number of likely N-dealkylation sites (N-methyl/N-ethyl adjacent to an activating group) is 1. The number of carbonyl (C=O) groups is 2. The van der Waals surface area contributed by atoms with Crippen LogP contribution in [0, 0.1) is 0 Å². The number of benzene rings is 1. The number of rotatable bonds is 3. The molecule has 1 aliphatic rings. The van der Waals surface area contributed by atoms with Crippen molar-refractivity contribution in [3.8, 4) is 0 Å². The zero-order valence-corrected chi connectivity index (χ0v) is 14.3. The summed E-state index contributed by atoms with van der Waals surface area (Å²) in [6.45, 7) is 1.93. The van der Waals surface area contributed by atoms with E-state index >= 15 is 0 Å². The van der Waals surface area contributed by atoms with Gasteiger partial charge in [0, 0.05) is 44.6 Å². The molecule has 0 unspecified atom stereocenters. The lowest BCUT2D eigenvalue weighted by Gasteiger charge is -2.39. The van der Waals surface area contributed by atoms with Gasteiger partial charge in [0.1, 0.15) is 5.69 Å². The van der Waals surface area contributed by atoms with Crippen LogP contribution in [0.5, 0.6) is 0 Å². The van der Waals surface area contributed by atoms with Gasteiger partial charge >= 0.3 is 0 Å². The fourth-order valence-electron chi connectivity index (χ4n) is 3.02. The third-order valence-corrected chi connectivity index (χ3v) is 4.48. The van der Waals surface area contributed by atoms with Crippen molar-refractivity contribution in [1.29, 1.82) is 0 Å². The van der Waals surface area contributed by atoms with E-state index in [1.165, 1.54) is 12.4 Å². The fourth-order valence-corrected chi connectivity index (χ4v) is 3.02. The van der Waals surface area contributed by atoms with Gasteiger partial charge in [-0.3, -0.25) is 19.5 Å². The van der Waals surface area contributed by atoms with E-state index in [2.05, 4.69) is 20.2 Å². The molecule has 7 nitrogen and oxygen atoms in total. The SMILES string of the molecule is CNC(=O)c1cccc([C@@H]2CN(C(=O)c3cnccn3)CCN2C)c1. The first-order chi connectivity index (χ1) is 12.1. The second-order valence-electron chi connectivity index (χ2n) is 6.04. The Morgan fingerprint density at radius 3 is 2.80 bits per heavy atom. The first kappa shape index (κ1) is 17.0. The number of nitrogens with zero attached hydrogens (tertiary/aromatic N) is 4. The molecular weight excluding hydrogens is 318 g/mol. The summed E-state index contributed by atoms with van der Waals surface area (Å²) in [6, 6.07) is 7.56. The molecule has 130 valence electrons. The summed E-state index contributed by atoms with van der Waals surface area (Å²) in [5.41, 5.74) is 1.98. The van der Waals surface area contributed by atoms with Gasteiger partial charge in [0.15, 0.2) is 0 Å². The highest BCUT2D eigenvalue weighted by Crippen LogP contribution is 2.25. The van der Waals surface area contributed by atoms with E-state index in [9.17, 15) is 9.59 Å². The van der Waals surface area contributed by atoms with E-state index in [0.717, 1.165) is 12.1 Å². The Morgan fingerprint density at radius 2 is 2.08 bits per heavy atom. The van der Waals surface area contributed by atoms with E-state index in [1.54, 1.807) is 24.2 Å². The lowest BCUT2D eigenvalue weighted by Crippen LogP contribution is -2.49. The van der Waals surface area contributed by atoms with Crippen molar-refractivity contribution in [3.63, 3.8) is 0 Å². The van der Waals surface area contributed by atoms with Crippen molar-refractivity contribution in [2.24, 2.45) is 0 Å². The van der Waals surface area contributed by atoms with E-state index in [4.69, 9.17) is 0 Å². The van der Waals surface area contributed by atoms with E-state index in [-0.39, 0.29) is 17.9 Å². The molecule has 1 aromatic heterocycles. The second-order valence-corrected chi connectivity index (χ2v) is 6.04. The number of hydrogen-bond donors (Lipinski definition) is 1. The predicted octanol–water partition coefficient (Wildman–Crippen LogP) is 0.965. The molecular formula is C18H21N5O2. The van der Waals surface area contributed by atoms with Gasteiger partial charge in [-0.25, -0.2) is 4.98 Å². The average Bonchev–Trinajstić information content (AvgIpc) is 2.68. The molecule has 2 amide bonds. The highest BCUT2D eigenvalue weighted by molar-refractivity contribution is 5.94. The molecule has 1 fully saturated rings. The third-order valence-electron chi connectivity index (χ3n) is 4.48. The van der Waals surface area contributed by atoms with Crippen LogP contribution in [0.3, 0.4) is 0 Å². The summed E-state index contributed by atoms with van der Waals surface area (Å²) >= 11 is 0. The van der Waals surface area contributed by atoms with Crippen molar-refractivity contribution >= 4 is 11.8 Å². The van der Waals surface area contributed by atoms with E-state index in [0.29, 0.717) is 24.3 Å². The van der Waals surface area contributed by atoms with Gasteiger partial charge in [0.2, 0.25) is 0 Å². The van der Waals surface area contributed by atoms with Crippen LogP contribution < -0.4 is 5.32 Å². The molecule has 0 aliphatic carbocycles. The van der Waals surface area contributed by atoms with Gasteiger partial charge in [0.05, 0.1) is 12.2 Å². The van der Waals surface area contributed by atoms with Gasteiger partial charge in [-0.05, 0) is 24.7 Å². The van der Waals surface area contributed by atoms with Crippen molar-refractivity contribution in [3.05, 3.63) is 59.7 Å². The maximum atomic E-state index is 12.6. The molecule has 2 aromatic rings. The van der Waals surface area contributed by atoms with Crippen LogP contribution in [0.4, 0.5) is 0 Å². The number of aromatic nitrogens is 2. The standard InChI is InChI=1S/C18H21N5O2/c1-19-17(24)14-5-3-4-13(10-14)16-12-23(9-8-22(16)2)18(25)15-11-20-6-7-21-15/h3-7,10-11,16H,8-9,12H2,1-2H3,(H,19,24)/t16-/m0/s1. The summed E-state index contributed by atoms with van der Waals surface area (Å²) in [5.74, 6) is -0.235. The quantitative estimate of drug-likeness (QED) is 0.901. The Labute approximate surface area is 146 Å². The molecule has 0 bridgehead atoms. The maximum absolute atomic E-state index is 12.6. The highest BCUT2D eigenvalue weighted by atomic mass is 16.2. The Kier molecular flexibility index (Phi) is 5.04. The number of nitrogens with one attached hydrogen (secondary N) is 1. The monoisotopic (exact) mass is 339 g/mol. The number of hydrogen-bond acceptors (Lipinski definition) is 5. The topological polar surface area (TPSA) is 78.4 Å². The summed E-state index contributed by atoms with van der Waals surface area (Å²) in [7, 11) is 3.64. The molecule has 3 rings (SSSR count). The molecule has 1 saturated heterocycles. The lowest BCUT2D eigenvalue weighted by molar-refractivity contribution is 0.0540. The van der Waals surface area contributed by atoms with Gasteiger partial charge in [-0.1, -0.05) is 12.1 Å². The molecule has 1 aliphatic heterocycles. The summed E-state index contributed by atoms with van der Waals surface area (Å²) in [6.07, 6.45) is 4.56. The van der Waals surface area contributed by atoms with Crippen molar-refractivity contribution in [2.75, 3.05) is 33.7 Å². The van der Waals surface area contributed by atoms with Crippen LogP contribution in [0.25, 0.3) is 0 Å². The first-order valence-corrected chi connectivity index (χ1v) is 8.17. The number of amides is 2. The minimum atomic E-state index is -0.118. The Hall–Kier alpha value is -2.80. The molecule has 7 heteroatoms. The van der Waals surface area contributed by atoms with Crippen molar-refractivity contribution < 1.29 is 9.59 Å². The largest absolute Gasteiger partial charge is 0.355 e. The van der Waals surface area contributed by atoms with Crippen molar-refractivity contribution in [1.82, 2.24) is 25.1 Å². The minimum Gasteiger partial charge on any atom is -0.355 e.